The van der Waals surface area contributed by atoms with Gasteiger partial charge in [-0.25, -0.2) is 0 Å². The molecule has 7 rings (SSSR count). The lowest BCUT2D eigenvalue weighted by Crippen LogP contribution is -2.55. The molecule has 0 radical (unpaired) electrons. The molecule has 2 aromatic rings. The third kappa shape index (κ3) is 2.45. The van der Waals surface area contributed by atoms with Crippen LogP contribution < -0.4 is 14.8 Å². The number of hydrogen-bond donors (Lipinski definition) is 1. The van der Waals surface area contributed by atoms with E-state index < -0.39 is 41.5 Å². The number of anilines is 1. The van der Waals surface area contributed by atoms with Gasteiger partial charge in [0.2, 0.25) is 18.6 Å². The second-order valence-electron chi connectivity index (χ2n) is 9.54. The summed E-state index contributed by atoms with van der Waals surface area (Å²) in [7, 11) is 0. The van der Waals surface area contributed by atoms with E-state index in [9.17, 15) is 14.4 Å². The Morgan fingerprint density at radius 3 is 2.85 bits per heavy atom. The quantitative estimate of drug-likeness (QED) is 0.698. The van der Waals surface area contributed by atoms with Crippen LogP contribution in [0.15, 0.2) is 53.2 Å². The number of nitrogens with zero attached hydrogens (tertiary/aromatic N) is 1. The van der Waals surface area contributed by atoms with Gasteiger partial charge in [0.25, 0.3) is 0 Å². The van der Waals surface area contributed by atoms with Crippen LogP contribution in [0.2, 0.25) is 0 Å². The summed E-state index contributed by atoms with van der Waals surface area (Å²) in [6.45, 7) is 1.98. The number of ketones is 1. The standard InChI is InChI=1S/C25H22N2O7/c1-12-15(28)10-14(16-3-2-8-31-16)27-22(12)25-7-6-18(34-25)20(21(25)24(27)30)23(29)26-13-4-5-17-19(9-13)33-11-32-17/h2-9,12,14,18,20-22H,10-11H2,1H3,(H,26,29)/t12?,14?,18-,20?,21?,22?,25-/m0/s1. The number of carbonyl (C=O) groups is 3. The first-order valence-electron chi connectivity index (χ1n) is 11.4. The van der Waals surface area contributed by atoms with Gasteiger partial charge in [0.15, 0.2) is 11.5 Å². The van der Waals surface area contributed by atoms with Gasteiger partial charge in [-0.3, -0.25) is 14.4 Å². The van der Waals surface area contributed by atoms with Gasteiger partial charge in [-0.2, -0.15) is 0 Å². The summed E-state index contributed by atoms with van der Waals surface area (Å²) in [4.78, 5) is 42.2. The molecular formula is C25H22N2O7. The Hall–Kier alpha value is -3.59. The molecule has 3 saturated heterocycles. The summed E-state index contributed by atoms with van der Waals surface area (Å²) in [6, 6.07) is 7.69. The van der Waals surface area contributed by atoms with Crippen molar-refractivity contribution < 1.29 is 33.0 Å². The number of furan rings is 1. The number of carbonyl (C=O) groups excluding carboxylic acids is 3. The van der Waals surface area contributed by atoms with E-state index in [1.54, 1.807) is 35.2 Å². The fourth-order valence-electron chi connectivity index (χ4n) is 6.46. The lowest BCUT2D eigenvalue weighted by Gasteiger charge is -2.43. The molecule has 2 amide bonds. The van der Waals surface area contributed by atoms with E-state index in [-0.39, 0.29) is 30.8 Å². The van der Waals surface area contributed by atoms with E-state index in [0.29, 0.717) is 22.9 Å². The number of Topliss-reactive ketones (excluding diaryl/α,β-unsaturated/α-hetero) is 1. The number of amides is 2. The smallest absolute Gasteiger partial charge is 0.231 e. The maximum absolute atomic E-state index is 13.9. The van der Waals surface area contributed by atoms with Crippen molar-refractivity contribution >= 4 is 23.3 Å². The largest absolute Gasteiger partial charge is 0.467 e. The van der Waals surface area contributed by atoms with E-state index in [1.807, 2.05) is 19.1 Å². The fraction of sp³-hybridized carbons (Fsp3) is 0.400. The van der Waals surface area contributed by atoms with Crippen molar-refractivity contribution in [3.05, 3.63) is 54.5 Å². The van der Waals surface area contributed by atoms with Gasteiger partial charge >= 0.3 is 0 Å². The van der Waals surface area contributed by atoms with Crippen LogP contribution in [-0.4, -0.2) is 47.0 Å². The predicted molar refractivity (Wildman–Crippen MR) is 116 cm³/mol. The third-order valence-corrected chi connectivity index (χ3v) is 7.89. The lowest BCUT2D eigenvalue weighted by atomic mass is 9.70. The van der Waals surface area contributed by atoms with Crippen molar-refractivity contribution in [2.75, 3.05) is 12.1 Å². The number of piperidine rings is 1. The van der Waals surface area contributed by atoms with Gasteiger partial charge in [0.1, 0.15) is 17.1 Å². The fourth-order valence-corrected chi connectivity index (χ4v) is 6.46. The highest BCUT2D eigenvalue weighted by molar-refractivity contribution is 6.01. The van der Waals surface area contributed by atoms with Gasteiger partial charge < -0.3 is 28.8 Å². The number of benzene rings is 1. The third-order valence-electron chi connectivity index (χ3n) is 7.89. The Kier molecular flexibility index (Phi) is 3.92. The van der Waals surface area contributed by atoms with Gasteiger partial charge in [0.05, 0.1) is 36.3 Å². The molecule has 7 atom stereocenters. The van der Waals surface area contributed by atoms with Crippen molar-refractivity contribution in [2.24, 2.45) is 17.8 Å². The summed E-state index contributed by atoms with van der Waals surface area (Å²) in [6.07, 6.45) is 4.93. The minimum Gasteiger partial charge on any atom is -0.467 e. The van der Waals surface area contributed by atoms with Crippen molar-refractivity contribution in [3.8, 4) is 11.5 Å². The van der Waals surface area contributed by atoms with Crippen LogP contribution in [0.25, 0.3) is 0 Å². The Labute approximate surface area is 194 Å². The average Bonchev–Trinajstić information content (AvgIpc) is 3.64. The Bertz CT molecular complexity index is 1250. The predicted octanol–water partition coefficient (Wildman–Crippen LogP) is 2.45. The molecular weight excluding hydrogens is 440 g/mol. The van der Waals surface area contributed by atoms with Crippen LogP contribution in [0.4, 0.5) is 5.69 Å². The van der Waals surface area contributed by atoms with Crippen molar-refractivity contribution in [2.45, 2.75) is 37.1 Å². The Morgan fingerprint density at radius 1 is 1.18 bits per heavy atom. The summed E-state index contributed by atoms with van der Waals surface area (Å²) in [5.74, 6) is -0.534. The second kappa shape index (κ2) is 6.73. The molecule has 0 saturated carbocycles. The molecule has 9 nitrogen and oxygen atoms in total. The number of fused-ring (bicyclic) bond motifs is 3. The first-order valence-corrected chi connectivity index (χ1v) is 11.4. The number of rotatable bonds is 3. The Balaban J connectivity index is 1.24. The summed E-state index contributed by atoms with van der Waals surface area (Å²) >= 11 is 0. The van der Waals surface area contributed by atoms with Crippen LogP contribution in [0.5, 0.6) is 11.5 Å². The molecule has 6 heterocycles. The summed E-state index contributed by atoms with van der Waals surface area (Å²) in [5, 5.41) is 2.92. The summed E-state index contributed by atoms with van der Waals surface area (Å²) in [5.41, 5.74) is -0.464. The monoisotopic (exact) mass is 462 g/mol. The van der Waals surface area contributed by atoms with E-state index >= 15 is 0 Å². The normalized spacial score (nSPS) is 36.7. The van der Waals surface area contributed by atoms with Crippen LogP contribution in [0.3, 0.4) is 0 Å². The van der Waals surface area contributed by atoms with Crippen LogP contribution in [-0.2, 0) is 19.1 Å². The first kappa shape index (κ1) is 19.8. The van der Waals surface area contributed by atoms with Crippen molar-refractivity contribution in [3.63, 3.8) is 0 Å². The minimum atomic E-state index is -1.01. The molecule has 1 aromatic carbocycles. The molecule has 1 aromatic heterocycles. The van der Waals surface area contributed by atoms with Crippen LogP contribution in [0, 0.1) is 17.8 Å². The molecule has 2 bridgehead atoms. The first-order chi connectivity index (χ1) is 16.5. The molecule has 5 aliphatic heterocycles. The molecule has 3 fully saturated rings. The molecule has 5 aliphatic rings. The molecule has 174 valence electrons. The summed E-state index contributed by atoms with van der Waals surface area (Å²) < 4.78 is 22.7. The zero-order chi connectivity index (χ0) is 23.2. The minimum absolute atomic E-state index is 0.0548. The average molecular weight is 462 g/mol. The number of nitrogens with one attached hydrogen (secondary N) is 1. The van der Waals surface area contributed by atoms with Gasteiger partial charge in [-0.1, -0.05) is 19.1 Å². The number of hydrogen-bond acceptors (Lipinski definition) is 7. The zero-order valence-corrected chi connectivity index (χ0v) is 18.3. The van der Waals surface area contributed by atoms with Gasteiger partial charge in [-0.15, -0.1) is 0 Å². The topological polar surface area (TPSA) is 107 Å². The van der Waals surface area contributed by atoms with Crippen LogP contribution in [0.1, 0.15) is 25.1 Å². The SMILES string of the molecule is CC1C(=O)CC(c2ccco2)N2C(=O)C3C(C(=O)Nc4ccc5c(c4)OCO5)[C@@H]4C=C[C@@]3(O4)C12. The second-order valence-corrected chi connectivity index (χ2v) is 9.54. The van der Waals surface area contributed by atoms with Crippen molar-refractivity contribution in [1.82, 2.24) is 4.90 Å². The molecule has 1 N–H and O–H groups in total. The molecule has 5 unspecified atom stereocenters. The van der Waals surface area contributed by atoms with E-state index in [1.165, 1.54) is 6.26 Å². The van der Waals surface area contributed by atoms with Crippen LogP contribution >= 0.6 is 0 Å². The highest BCUT2D eigenvalue weighted by atomic mass is 16.7. The Morgan fingerprint density at radius 2 is 2.03 bits per heavy atom. The maximum atomic E-state index is 13.9. The zero-order valence-electron chi connectivity index (χ0n) is 18.3. The van der Waals surface area contributed by atoms with Gasteiger partial charge in [0, 0.05) is 24.1 Å². The number of ether oxygens (including phenoxy) is 3. The van der Waals surface area contributed by atoms with E-state index in [0.717, 1.165) is 0 Å². The highest BCUT2D eigenvalue weighted by Gasteiger charge is 2.74. The molecule has 9 heteroatoms. The molecule has 34 heavy (non-hydrogen) atoms. The van der Waals surface area contributed by atoms with Crippen molar-refractivity contribution in [1.29, 1.82) is 0 Å². The van der Waals surface area contributed by atoms with E-state index in [2.05, 4.69) is 5.32 Å². The molecule has 0 aliphatic carbocycles. The highest BCUT2D eigenvalue weighted by Crippen LogP contribution is 2.60. The molecule has 1 spiro atoms. The maximum Gasteiger partial charge on any atom is 0.231 e. The van der Waals surface area contributed by atoms with Gasteiger partial charge in [-0.05, 0) is 24.3 Å². The lowest BCUT2D eigenvalue weighted by molar-refractivity contribution is -0.147. The van der Waals surface area contributed by atoms with E-state index in [4.69, 9.17) is 18.6 Å².